The average Bonchev–Trinajstić information content (AvgIpc) is 3.14. The summed E-state index contributed by atoms with van der Waals surface area (Å²) in [5.74, 6) is 1.19. The number of rotatable bonds is 7. The maximum atomic E-state index is 9.27. The highest BCUT2D eigenvalue weighted by Gasteiger charge is 2.40. The first-order chi connectivity index (χ1) is 9.05. The molecule has 19 heavy (non-hydrogen) atoms. The van der Waals surface area contributed by atoms with E-state index in [0.717, 1.165) is 44.2 Å². The molecule has 2 N–H and O–H groups in total. The van der Waals surface area contributed by atoms with Crippen molar-refractivity contribution in [3.05, 3.63) is 0 Å². The molecule has 0 aliphatic heterocycles. The van der Waals surface area contributed by atoms with Gasteiger partial charge in [-0.1, -0.05) is 20.3 Å². The number of nitriles is 1. The fraction of sp³-hybridized carbons (Fsp3) is 0.938. The van der Waals surface area contributed by atoms with E-state index in [1.54, 1.807) is 0 Å². The van der Waals surface area contributed by atoms with Gasteiger partial charge in [-0.15, -0.1) is 0 Å². The number of nitrogens with zero attached hydrogens (tertiary/aromatic N) is 2. The van der Waals surface area contributed by atoms with Crippen molar-refractivity contribution in [3.8, 4) is 6.07 Å². The minimum atomic E-state index is -0.534. The third-order valence-electron chi connectivity index (χ3n) is 4.90. The van der Waals surface area contributed by atoms with E-state index in [2.05, 4.69) is 24.8 Å². The Morgan fingerprint density at radius 1 is 1.32 bits per heavy atom. The Morgan fingerprint density at radius 3 is 2.63 bits per heavy atom. The molecule has 2 saturated carbocycles. The molecule has 0 aromatic rings. The predicted molar refractivity (Wildman–Crippen MR) is 78.5 cm³/mol. The van der Waals surface area contributed by atoms with Crippen molar-refractivity contribution in [3.63, 3.8) is 0 Å². The maximum absolute atomic E-state index is 9.27. The summed E-state index contributed by atoms with van der Waals surface area (Å²) in [5, 5.41) is 9.27. The van der Waals surface area contributed by atoms with E-state index in [0.29, 0.717) is 5.92 Å². The lowest BCUT2D eigenvalue weighted by molar-refractivity contribution is 0.218. The summed E-state index contributed by atoms with van der Waals surface area (Å²) in [4.78, 5) is 2.65. The van der Waals surface area contributed by atoms with Gasteiger partial charge >= 0.3 is 0 Å². The van der Waals surface area contributed by atoms with Gasteiger partial charge in [-0.05, 0) is 63.5 Å². The Kier molecular flexibility index (Phi) is 4.86. The summed E-state index contributed by atoms with van der Waals surface area (Å²) < 4.78 is 0. The number of hydrogen-bond acceptors (Lipinski definition) is 3. The molecule has 2 fully saturated rings. The van der Waals surface area contributed by atoms with Crippen LogP contribution in [0.15, 0.2) is 0 Å². The third-order valence-corrected chi connectivity index (χ3v) is 4.90. The molecule has 0 spiro atoms. The van der Waals surface area contributed by atoms with Crippen LogP contribution < -0.4 is 5.73 Å². The normalized spacial score (nSPS) is 31.1. The molecule has 0 saturated heterocycles. The summed E-state index contributed by atoms with van der Waals surface area (Å²) >= 11 is 0. The van der Waals surface area contributed by atoms with Gasteiger partial charge in [-0.3, -0.25) is 0 Å². The van der Waals surface area contributed by atoms with Gasteiger partial charge < -0.3 is 10.6 Å². The minimum absolute atomic E-state index is 0.415. The van der Waals surface area contributed by atoms with Crippen LogP contribution in [0.4, 0.5) is 0 Å². The topological polar surface area (TPSA) is 53.0 Å². The zero-order chi connectivity index (χ0) is 13.9. The molecule has 2 rings (SSSR count). The van der Waals surface area contributed by atoms with Gasteiger partial charge in [0.2, 0.25) is 0 Å². The van der Waals surface area contributed by atoms with Gasteiger partial charge in [0.1, 0.15) is 5.54 Å². The SMILES string of the molecule is CC(C)CCN(CCC1CCCC1(N)C#N)C1CC1. The molecule has 0 aromatic heterocycles. The molecule has 2 atom stereocenters. The lowest BCUT2D eigenvalue weighted by Gasteiger charge is -2.28. The molecule has 0 bridgehead atoms. The lowest BCUT2D eigenvalue weighted by Crippen LogP contribution is -2.43. The number of hydrogen-bond donors (Lipinski definition) is 1. The fourth-order valence-corrected chi connectivity index (χ4v) is 3.31. The van der Waals surface area contributed by atoms with E-state index in [9.17, 15) is 5.26 Å². The van der Waals surface area contributed by atoms with Crippen LogP contribution in [0, 0.1) is 23.2 Å². The van der Waals surface area contributed by atoms with E-state index in [1.165, 1.54) is 25.8 Å². The zero-order valence-corrected chi connectivity index (χ0v) is 12.6. The van der Waals surface area contributed by atoms with Gasteiger partial charge in [0, 0.05) is 6.04 Å². The molecule has 2 unspecified atom stereocenters. The molecule has 0 amide bonds. The van der Waals surface area contributed by atoms with Crippen molar-refractivity contribution in [1.82, 2.24) is 4.90 Å². The molecule has 2 aliphatic rings. The first-order valence-corrected chi connectivity index (χ1v) is 7.99. The molecule has 108 valence electrons. The number of nitrogens with two attached hydrogens (primary N) is 1. The van der Waals surface area contributed by atoms with Crippen molar-refractivity contribution in [2.45, 2.75) is 70.4 Å². The van der Waals surface area contributed by atoms with E-state index in [-0.39, 0.29) is 0 Å². The Hall–Kier alpha value is -0.590. The minimum Gasteiger partial charge on any atom is -0.313 e. The van der Waals surface area contributed by atoms with Gasteiger partial charge in [0.25, 0.3) is 0 Å². The fourth-order valence-electron chi connectivity index (χ4n) is 3.31. The second kappa shape index (κ2) is 6.24. The zero-order valence-electron chi connectivity index (χ0n) is 12.6. The quantitative estimate of drug-likeness (QED) is 0.768. The molecule has 3 nitrogen and oxygen atoms in total. The Balaban J connectivity index is 1.80. The van der Waals surface area contributed by atoms with Crippen molar-refractivity contribution >= 4 is 0 Å². The molecule has 2 aliphatic carbocycles. The van der Waals surface area contributed by atoms with Crippen LogP contribution in [-0.4, -0.2) is 29.6 Å². The van der Waals surface area contributed by atoms with Crippen LogP contribution in [-0.2, 0) is 0 Å². The van der Waals surface area contributed by atoms with Gasteiger partial charge in [-0.2, -0.15) is 5.26 Å². The highest BCUT2D eigenvalue weighted by Crippen LogP contribution is 2.36. The summed E-state index contributed by atoms with van der Waals surface area (Å²) in [6, 6.07) is 3.20. The second-order valence-electron chi connectivity index (χ2n) is 6.98. The monoisotopic (exact) mass is 263 g/mol. The largest absolute Gasteiger partial charge is 0.313 e. The molecular weight excluding hydrogens is 234 g/mol. The molecule has 0 aromatic carbocycles. The first-order valence-electron chi connectivity index (χ1n) is 7.99. The van der Waals surface area contributed by atoms with E-state index < -0.39 is 5.54 Å². The Morgan fingerprint density at radius 2 is 2.05 bits per heavy atom. The van der Waals surface area contributed by atoms with Gasteiger partial charge in [-0.25, -0.2) is 0 Å². The second-order valence-corrected chi connectivity index (χ2v) is 6.98. The first kappa shape index (κ1) is 14.8. The van der Waals surface area contributed by atoms with Gasteiger partial charge in [0.15, 0.2) is 0 Å². The van der Waals surface area contributed by atoms with Crippen LogP contribution in [0.1, 0.15) is 58.8 Å². The van der Waals surface area contributed by atoms with Crippen molar-refractivity contribution in [2.24, 2.45) is 17.6 Å². The average molecular weight is 263 g/mol. The molecule has 0 radical (unpaired) electrons. The predicted octanol–water partition coefficient (Wildman–Crippen LogP) is 2.91. The van der Waals surface area contributed by atoms with Crippen LogP contribution >= 0.6 is 0 Å². The van der Waals surface area contributed by atoms with Crippen LogP contribution in [0.5, 0.6) is 0 Å². The van der Waals surface area contributed by atoms with Crippen LogP contribution in [0.3, 0.4) is 0 Å². The summed E-state index contributed by atoms with van der Waals surface area (Å²) in [6.07, 6.45) is 8.30. The Labute approximate surface area is 118 Å². The van der Waals surface area contributed by atoms with E-state index in [4.69, 9.17) is 5.73 Å². The van der Waals surface area contributed by atoms with Crippen LogP contribution in [0.25, 0.3) is 0 Å². The Bertz CT molecular complexity index is 329. The third kappa shape index (κ3) is 3.94. The van der Waals surface area contributed by atoms with E-state index >= 15 is 0 Å². The van der Waals surface area contributed by atoms with Crippen molar-refractivity contribution < 1.29 is 0 Å². The van der Waals surface area contributed by atoms with Crippen molar-refractivity contribution in [2.75, 3.05) is 13.1 Å². The summed E-state index contributed by atoms with van der Waals surface area (Å²) in [6.45, 7) is 6.95. The molecule has 0 heterocycles. The van der Waals surface area contributed by atoms with E-state index in [1.807, 2.05) is 0 Å². The summed E-state index contributed by atoms with van der Waals surface area (Å²) in [5.41, 5.74) is 5.69. The highest BCUT2D eigenvalue weighted by atomic mass is 15.2. The van der Waals surface area contributed by atoms with Crippen LogP contribution in [0.2, 0.25) is 0 Å². The smallest absolute Gasteiger partial charge is 0.107 e. The lowest BCUT2D eigenvalue weighted by atomic mass is 9.87. The van der Waals surface area contributed by atoms with Crippen molar-refractivity contribution in [1.29, 1.82) is 5.26 Å². The maximum Gasteiger partial charge on any atom is 0.107 e. The molecular formula is C16H29N3. The van der Waals surface area contributed by atoms with Gasteiger partial charge in [0.05, 0.1) is 6.07 Å². The standard InChI is InChI=1S/C16H29N3/c1-13(2)7-10-19(15-5-6-15)11-8-14-4-3-9-16(14,18)12-17/h13-15H,3-11,18H2,1-2H3. The molecule has 3 heteroatoms. The highest BCUT2D eigenvalue weighted by molar-refractivity contribution is 5.12. The summed E-state index contributed by atoms with van der Waals surface area (Å²) in [7, 11) is 0.